The van der Waals surface area contributed by atoms with Crippen molar-refractivity contribution in [1.29, 1.82) is 0 Å². The van der Waals surface area contributed by atoms with Crippen LogP contribution in [0.1, 0.15) is 17.7 Å². The fraction of sp³-hybridized carbons (Fsp3) is 0.0833. The van der Waals surface area contributed by atoms with Gasteiger partial charge in [-0.15, -0.1) is 0 Å². The molecule has 0 saturated carbocycles. The average Bonchev–Trinajstić information content (AvgIpc) is 3.03. The Balaban J connectivity index is 1.68. The van der Waals surface area contributed by atoms with E-state index in [0.717, 1.165) is 24.2 Å². The predicted octanol–water partition coefficient (Wildman–Crippen LogP) is 6.33. The minimum absolute atomic E-state index is 1.09. The summed E-state index contributed by atoms with van der Waals surface area (Å²) in [7, 11) is 0. The lowest BCUT2D eigenvalue weighted by Gasteiger charge is -2.11. The highest BCUT2D eigenvalue weighted by Gasteiger charge is 2.18. The van der Waals surface area contributed by atoms with Crippen molar-refractivity contribution >= 4 is 28.4 Å². The summed E-state index contributed by atoms with van der Waals surface area (Å²) in [6.07, 6.45) is 6.76. The SMILES string of the molecule is C1=Cc2c(c3cc(Nc4ccccc4)ccc3n2-c2ccccc2)CC1. The second-order valence-electron chi connectivity index (χ2n) is 6.70. The molecule has 1 N–H and O–H groups in total. The topological polar surface area (TPSA) is 17.0 Å². The number of para-hydroxylation sites is 2. The van der Waals surface area contributed by atoms with Gasteiger partial charge in [0.2, 0.25) is 0 Å². The molecule has 2 heteroatoms. The van der Waals surface area contributed by atoms with E-state index in [1.165, 1.54) is 27.8 Å². The molecule has 0 fully saturated rings. The molecule has 1 aliphatic rings. The first-order valence-electron chi connectivity index (χ1n) is 9.11. The molecule has 0 atom stereocenters. The zero-order valence-electron chi connectivity index (χ0n) is 14.5. The van der Waals surface area contributed by atoms with Crippen LogP contribution in [0.3, 0.4) is 0 Å². The third kappa shape index (κ3) is 2.51. The highest BCUT2D eigenvalue weighted by molar-refractivity contribution is 5.93. The molecule has 4 aromatic rings. The molecule has 0 amide bonds. The Morgan fingerprint density at radius 2 is 1.54 bits per heavy atom. The summed E-state index contributed by atoms with van der Waals surface area (Å²) in [5.74, 6) is 0. The van der Waals surface area contributed by atoms with Crippen molar-refractivity contribution in [2.45, 2.75) is 12.8 Å². The van der Waals surface area contributed by atoms with Crippen LogP contribution in [0.15, 0.2) is 84.9 Å². The Hall–Kier alpha value is -3.26. The van der Waals surface area contributed by atoms with Crippen molar-refractivity contribution in [3.8, 4) is 5.69 Å². The number of anilines is 2. The van der Waals surface area contributed by atoms with E-state index in [0.29, 0.717) is 0 Å². The summed E-state index contributed by atoms with van der Waals surface area (Å²) in [6.45, 7) is 0. The first kappa shape index (κ1) is 15.0. The number of aryl methyl sites for hydroxylation is 1. The molecule has 0 radical (unpaired) electrons. The minimum Gasteiger partial charge on any atom is -0.356 e. The van der Waals surface area contributed by atoms with Gasteiger partial charge in [0.15, 0.2) is 0 Å². The van der Waals surface area contributed by atoms with E-state index in [2.05, 4.69) is 94.8 Å². The standard InChI is InChI=1S/C24H20N2/c1-3-9-18(10-4-1)25-19-15-16-24-22(17-19)21-13-7-8-14-23(21)26(24)20-11-5-2-6-12-20/h1-6,8-12,14-17,25H,7,13H2. The van der Waals surface area contributed by atoms with E-state index in [4.69, 9.17) is 0 Å². The minimum atomic E-state index is 1.09. The van der Waals surface area contributed by atoms with Crippen LogP contribution in [-0.4, -0.2) is 4.57 Å². The van der Waals surface area contributed by atoms with Crippen molar-refractivity contribution in [2.75, 3.05) is 5.32 Å². The highest BCUT2D eigenvalue weighted by Crippen LogP contribution is 2.35. The molecular weight excluding hydrogens is 316 g/mol. The maximum atomic E-state index is 3.52. The number of nitrogens with one attached hydrogen (secondary N) is 1. The Morgan fingerprint density at radius 3 is 2.35 bits per heavy atom. The molecule has 0 spiro atoms. The summed E-state index contributed by atoms with van der Waals surface area (Å²) in [5, 5.41) is 4.87. The smallest absolute Gasteiger partial charge is 0.0539 e. The molecule has 0 bridgehead atoms. The summed E-state index contributed by atoms with van der Waals surface area (Å²) < 4.78 is 2.38. The number of aromatic nitrogens is 1. The molecule has 0 aliphatic heterocycles. The fourth-order valence-corrected chi connectivity index (χ4v) is 3.86. The molecular formula is C24H20N2. The van der Waals surface area contributed by atoms with Gasteiger partial charge >= 0.3 is 0 Å². The quantitative estimate of drug-likeness (QED) is 0.462. The molecule has 0 saturated heterocycles. The van der Waals surface area contributed by atoms with Gasteiger partial charge in [-0.1, -0.05) is 42.5 Å². The Labute approximate surface area is 153 Å². The number of rotatable bonds is 3. The molecule has 1 aromatic heterocycles. The molecule has 2 nitrogen and oxygen atoms in total. The van der Waals surface area contributed by atoms with Gasteiger partial charge < -0.3 is 9.88 Å². The van der Waals surface area contributed by atoms with Crippen LogP contribution in [0.5, 0.6) is 0 Å². The number of allylic oxidation sites excluding steroid dienone is 1. The van der Waals surface area contributed by atoms with Crippen molar-refractivity contribution < 1.29 is 0 Å². The summed E-state index contributed by atoms with van der Waals surface area (Å²) in [4.78, 5) is 0. The second-order valence-corrected chi connectivity index (χ2v) is 6.70. The van der Waals surface area contributed by atoms with Gasteiger partial charge in [0, 0.05) is 28.1 Å². The van der Waals surface area contributed by atoms with E-state index in [1.54, 1.807) is 0 Å². The van der Waals surface area contributed by atoms with Crippen LogP contribution < -0.4 is 5.32 Å². The van der Waals surface area contributed by atoms with Crippen molar-refractivity contribution in [3.05, 3.63) is 96.2 Å². The van der Waals surface area contributed by atoms with Gasteiger partial charge in [0.1, 0.15) is 0 Å². The van der Waals surface area contributed by atoms with Gasteiger partial charge in [-0.25, -0.2) is 0 Å². The van der Waals surface area contributed by atoms with E-state index < -0.39 is 0 Å². The lowest BCUT2D eigenvalue weighted by molar-refractivity contribution is 0.967. The number of nitrogens with zero attached hydrogens (tertiary/aromatic N) is 1. The van der Waals surface area contributed by atoms with E-state index >= 15 is 0 Å². The van der Waals surface area contributed by atoms with Crippen molar-refractivity contribution in [2.24, 2.45) is 0 Å². The molecule has 5 rings (SSSR count). The zero-order chi connectivity index (χ0) is 17.3. The lowest BCUT2D eigenvalue weighted by Crippen LogP contribution is -1.99. The monoisotopic (exact) mass is 336 g/mol. The van der Waals surface area contributed by atoms with Crippen LogP contribution in [0.4, 0.5) is 11.4 Å². The number of fused-ring (bicyclic) bond motifs is 3. The second kappa shape index (κ2) is 6.23. The maximum absolute atomic E-state index is 3.52. The average molecular weight is 336 g/mol. The Kier molecular flexibility index (Phi) is 3.60. The molecule has 1 heterocycles. The van der Waals surface area contributed by atoms with Crippen molar-refractivity contribution in [1.82, 2.24) is 4.57 Å². The fourth-order valence-electron chi connectivity index (χ4n) is 3.86. The molecule has 3 aromatic carbocycles. The van der Waals surface area contributed by atoms with Crippen LogP contribution >= 0.6 is 0 Å². The summed E-state index contributed by atoms with van der Waals surface area (Å²) in [6, 6.07) is 27.7. The van der Waals surface area contributed by atoms with Gasteiger partial charge in [-0.05, 0) is 66.9 Å². The largest absolute Gasteiger partial charge is 0.356 e. The van der Waals surface area contributed by atoms with E-state index in [1.807, 2.05) is 6.07 Å². The van der Waals surface area contributed by atoms with Crippen molar-refractivity contribution in [3.63, 3.8) is 0 Å². The van der Waals surface area contributed by atoms with E-state index in [9.17, 15) is 0 Å². The maximum Gasteiger partial charge on any atom is 0.0539 e. The van der Waals surface area contributed by atoms with Gasteiger partial charge in [0.25, 0.3) is 0 Å². The number of benzene rings is 3. The molecule has 0 unspecified atom stereocenters. The Bertz CT molecular complexity index is 1090. The number of hydrogen-bond acceptors (Lipinski definition) is 1. The van der Waals surface area contributed by atoms with Crippen LogP contribution in [0.25, 0.3) is 22.7 Å². The molecule has 26 heavy (non-hydrogen) atoms. The van der Waals surface area contributed by atoms with Crippen LogP contribution in [0.2, 0.25) is 0 Å². The molecule has 1 aliphatic carbocycles. The predicted molar refractivity (Wildman–Crippen MR) is 110 cm³/mol. The first-order chi connectivity index (χ1) is 12.9. The lowest BCUT2D eigenvalue weighted by atomic mass is 10.0. The number of hydrogen-bond donors (Lipinski definition) is 1. The van der Waals surface area contributed by atoms with Gasteiger partial charge in [-0.2, -0.15) is 0 Å². The summed E-state index contributed by atoms with van der Waals surface area (Å²) in [5.41, 5.74) is 7.49. The molecule has 126 valence electrons. The highest BCUT2D eigenvalue weighted by atomic mass is 15.0. The third-order valence-electron chi connectivity index (χ3n) is 5.03. The zero-order valence-corrected chi connectivity index (χ0v) is 14.5. The van der Waals surface area contributed by atoms with Gasteiger partial charge in [0.05, 0.1) is 5.52 Å². The normalized spacial score (nSPS) is 12.9. The van der Waals surface area contributed by atoms with Crippen LogP contribution in [-0.2, 0) is 6.42 Å². The Morgan fingerprint density at radius 1 is 0.769 bits per heavy atom. The van der Waals surface area contributed by atoms with E-state index in [-0.39, 0.29) is 0 Å². The van der Waals surface area contributed by atoms with Crippen LogP contribution in [0, 0.1) is 0 Å². The van der Waals surface area contributed by atoms with Gasteiger partial charge in [-0.3, -0.25) is 0 Å². The third-order valence-corrected chi connectivity index (χ3v) is 5.03. The summed E-state index contributed by atoms with van der Waals surface area (Å²) >= 11 is 0. The first-order valence-corrected chi connectivity index (χ1v) is 9.11.